The predicted molar refractivity (Wildman–Crippen MR) is 202 cm³/mol. The van der Waals surface area contributed by atoms with Gasteiger partial charge in [-0.05, 0) is 81.6 Å². The van der Waals surface area contributed by atoms with Crippen LogP contribution in [0.1, 0.15) is 47.2 Å². The van der Waals surface area contributed by atoms with Gasteiger partial charge in [-0.2, -0.15) is 4.98 Å². The summed E-state index contributed by atoms with van der Waals surface area (Å²) in [6.45, 7) is 9.81. The van der Waals surface area contributed by atoms with Crippen LogP contribution < -0.4 is 29.6 Å². The number of amides is 2. The van der Waals surface area contributed by atoms with E-state index in [0.717, 1.165) is 29.8 Å². The van der Waals surface area contributed by atoms with Crippen LogP contribution in [-0.2, 0) is 9.53 Å². The van der Waals surface area contributed by atoms with Gasteiger partial charge in [0.2, 0.25) is 11.8 Å². The summed E-state index contributed by atoms with van der Waals surface area (Å²) in [6, 6.07) is 18.3. The molecule has 3 heterocycles. The fourth-order valence-electron chi connectivity index (χ4n) is 6.28. The summed E-state index contributed by atoms with van der Waals surface area (Å²) in [7, 11) is 1.50. The lowest BCUT2D eigenvalue weighted by Crippen LogP contribution is -2.42. The normalized spacial score (nSPS) is 14.7. The Kier molecular flexibility index (Phi) is 13.0. The number of hydrogen-bond acceptors (Lipinski definition) is 11. The Hall–Kier alpha value is -5.40. The van der Waals surface area contributed by atoms with Gasteiger partial charge in [0, 0.05) is 49.3 Å². The smallest absolute Gasteiger partial charge is 0.262 e. The largest absolute Gasteiger partial charge is 0.493 e. The molecule has 13 nitrogen and oxygen atoms in total. The lowest BCUT2D eigenvalue weighted by Gasteiger charge is -2.26. The summed E-state index contributed by atoms with van der Waals surface area (Å²) < 4.78 is 29.1. The highest BCUT2D eigenvalue weighted by atomic mass is 16.5. The first kappa shape index (κ1) is 37.4. The molecule has 0 bridgehead atoms. The maximum Gasteiger partial charge on any atom is 0.262 e. The minimum Gasteiger partial charge on any atom is -0.493 e. The van der Waals surface area contributed by atoms with Crippen LogP contribution in [0.4, 0.5) is 17.3 Å². The average Bonchev–Trinajstić information content (AvgIpc) is 3.18. The van der Waals surface area contributed by atoms with Crippen LogP contribution >= 0.6 is 0 Å². The lowest BCUT2D eigenvalue weighted by atomic mass is 10.1. The van der Waals surface area contributed by atoms with Crippen LogP contribution in [0, 0.1) is 13.8 Å². The van der Waals surface area contributed by atoms with E-state index in [1.165, 1.54) is 45.7 Å². The van der Waals surface area contributed by atoms with Crippen LogP contribution in [-0.4, -0.2) is 97.8 Å². The molecule has 4 aromatic rings. The number of nitrogens with zero attached hydrogens (tertiary/aromatic N) is 4. The zero-order valence-electron chi connectivity index (χ0n) is 30.7. The van der Waals surface area contributed by atoms with Crippen molar-refractivity contribution in [3.05, 3.63) is 83.6 Å². The fraction of sp³-hybridized carbons (Fsp3) is 0.400. The van der Waals surface area contributed by atoms with E-state index in [2.05, 4.69) is 25.5 Å². The molecule has 1 aromatic heterocycles. The van der Waals surface area contributed by atoms with Gasteiger partial charge in [-0.1, -0.05) is 30.7 Å². The molecule has 0 unspecified atom stereocenters. The Labute approximate surface area is 310 Å². The van der Waals surface area contributed by atoms with Gasteiger partial charge in [-0.15, -0.1) is 0 Å². The summed E-state index contributed by atoms with van der Waals surface area (Å²) in [5, 5.41) is 6.22. The molecule has 2 amide bonds. The molecule has 13 heteroatoms. The Balaban J connectivity index is 1.18. The number of rotatable bonds is 15. The summed E-state index contributed by atoms with van der Waals surface area (Å²) in [6.07, 6.45) is 6.25. The quantitative estimate of drug-likeness (QED) is 0.132. The molecule has 2 N–H and O–H groups in total. The third kappa shape index (κ3) is 10.4. The number of methoxy groups -OCH3 is 1. The number of benzene rings is 3. The maximum atomic E-state index is 13.8. The van der Waals surface area contributed by atoms with E-state index < -0.39 is 5.91 Å². The molecule has 3 aromatic carbocycles. The Morgan fingerprint density at radius 1 is 0.868 bits per heavy atom. The molecule has 6 rings (SSSR count). The molecule has 0 saturated carbocycles. The van der Waals surface area contributed by atoms with Gasteiger partial charge in [0.25, 0.3) is 11.8 Å². The van der Waals surface area contributed by atoms with Gasteiger partial charge in [0.15, 0.2) is 18.1 Å². The summed E-state index contributed by atoms with van der Waals surface area (Å²) >= 11 is 0. The standard InChI is InChI=1S/C40H48N6O7/c1-28-10-7-11-29(2)37(28)43-38(48)33-26-41-40(42-30-12-8-13-31(24-30)51-21-9-18-45-16-5-4-6-17-45)44-39(33)53-34-15-14-32(25-35(34)49-3)52-27-36(47)46-19-22-50-23-20-46/h7-8,10-15,24-26H,4-6,9,16-23,27H2,1-3H3,(H,43,48)(H,41,42,44). The highest BCUT2D eigenvalue weighted by molar-refractivity contribution is 6.06. The third-order valence-electron chi connectivity index (χ3n) is 9.21. The van der Waals surface area contributed by atoms with Crippen LogP contribution in [0.3, 0.4) is 0 Å². The van der Waals surface area contributed by atoms with E-state index in [-0.39, 0.29) is 35.7 Å². The van der Waals surface area contributed by atoms with Crippen LogP contribution in [0.25, 0.3) is 0 Å². The number of anilines is 3. The van der Waals surface area contributed by atoms with E-state index in [1.807, 2.05) is 56.3 Å². The monoisotopic (exact) mass is 724 g/mol. The molecule has 2 fully saturated rings. The molecular formula is C40H48N6O7. The number of para-hydroxylation sites is 1. The van der Waals surface area contributed by atoms with Gasteiger partial charge in [-0.25, -0.2) is 4.98 Å². The summed E-state index contributed by atoms with van der Waals surface area (Å²) in [4.78, 5) is 39.7. The van der Waals surface area contributed by atoms with Crippen LogP contribution in [0.15, 0.2) is 66.9 Å². The Morgan fingerprint density at radius 2 is 1.62 bits per heavy atom. The Morgan fingerprint density at radius 3 is 2.40 bits per heavy atom. The van der Waals surface area contributed by atoms with E-state index >= 15 is 0 Å². The van der Waals surface area contributed by atoms with Crippen molar-refractivity contribution in [2.75, 3.05) is 76.9 Å². The van der Waals surface area contributed by atoms with E-state index in [0.29, 0.717) is 55.8 Å². The van der Waals surface area contributed by atoms with Gasteiger partial charge >= 0.3 is 0 Å². The van der Waals surface area contributed by atoms with Crippen molar-refractivity contribution in [1.29, 1.82) is 0 Å². The molecule has 0 atom stereocenters. The minimum atomic E-state index is -0.440. The van der Waals surface area contributed by atoms with Gasteiger partial charge < -0.3 is 44.1 Å². The molecular weight excluding hydrogens is 676 g/mol. The van der Waals surface area contributed by atoms with Crippen molar-refractivity contribution >= 4 is 29.1 Å². The van der Waals surface area contributed by atoms with Gasteiger partial charge in [0.1, 0.15) is 17.1 Å². The minimum absolute atomic E-state index is 0.00539. The van der Waals surface area contributed by atoms with E-state index in [1.54, 1.807) is 23.1 Å². The lowest BCUT2D eigenvalue weighted by molar-refractivity contribution is -0.137. The van der Waals surface area contributed by atoms with Crippen molar-refractivity contribution in [2.45, 2.75) is 39.5 Å². The number of carbonyl (C=O) groups is 2. The number of morpholine rings is 1. The zero-order valence-corrected chi connectivity index (χ0v) is 30.7. The molecule has 0 radical (unpaired) electrons. The predicted octanol–water partition coefficient (Wildman–Crippen LogP) is 6.38. The van der Waals surface area contributed by atoms with Crippen molar-refractivity contribution in [2.24, 2.45) is 0 Å². The average molecular weight is 725 g/mol. The first-order valence-corrected chi connectivity index (χ1v) is 18.2. The number of aromatic nitrogens is 2. The second-order valence-electron chi connectivity index (χ2n) is 13.1. The molecule has 0 spiro atoms. The fourth-order valence-corrected chi connectivity index (χ4v) is 6.28. The molecule has 2 aliphatic heterocycles. The molecule has 2 saturated heterocycles. The van der Waals surface area contributed by atoms with Gasteiger partial charge in [0.05, 0.1) is 26.9 Å². The third-order valence-corrected chi connectivity index (χ3v) is 9.21. The second kappa shape index (κ2) is 18.4. The zero-order chi connectivity index (χ0) is 37.0. The number of ether oxygens (including phenoxy) is 5. The van der Waals surface area contributed by atoms with Crippen LogP contribution in [0.5, 0.6) is 28.9 Å². The number of hydrogen-bond donors (Lipinski definition) is 2. The van der Waals surface area contributed by atoms with E-state index in [4.69, 9.17) is 23.7 Å². The van der Waals surface area contributed by atoms with Crippen LogP contribution in [0.2, 0.25) is 0 Å². The highest BCUT2D eigenvalue weighted by Gasteiger charge is 2.22. The van der Waals surface area contributed by atoms with E-state index in [9.17, 15) is 9.59 Å². The second-order valence-corrected chi connectivity index (χ2v) is 13.1. The SMILES string of the molecule is COc1cc(OCC(=O)N2CCOCC2)ccc1Oc1nc(Nc2cccc(OCCCN3CCCCC3)c2)ncc1C(=O)Nc1c(C)cccc1C. The number of piperidine rings is 1. The number of aryl methyl sites for hydroxylation is 2. The van der Waals surface area contributed by atoms with Crippen molar-refractivity contribution in [1.82, 2.24) is 19.8 Å². The van der Waals surface area contributed by atoms with Gasteiger partial charge in [-0.3, -0.25) is 9.59 Å². The van der Waals surface area contributed by atoms with Crippen molar-refractivity contribution in [3.8, 4) is 28.9 Å². The molecule has 280 valence electrons. The number of likely N-dealkylation sites (tertiary alicyclic amines) is 1. The van der Waals surface area contributed by atoms with Crippen molar-refractivity contribution in [3.63, 3.8) is 0 Å². The summed E-state index contributed by atoms with van der Waals surface area (Å²) in [5.41, 5.74) is 3.35. The Bertz CT molecular complexity index is 1840. The molecule has 0 aliphatic carbocycles. The topological polar surface area (TPSA) is 137 Å². The van der Waals surface area contributed by atoms with Crippen molar-refractivity contribution < 1.29 is 33.3 Å². The summed E-state index contributed by atoms with van der Waals surface area (Å²) in [5.74, 6) is 1.40. The number of carbonyl (C=O) groups excluding carboxylic acids is 2. The first-order chi connectivity index (χ1) is 25.9. The molecule has 2 aliphatic rings. The first-order valence-electron chi connectivity index (χ1n) is 18.2. The molecule has 53 heavy (non-hydrogen) atoms. The maximum absolute atomic E-state index is 13.8. The number of nitrogens with one attached hydrogen (secondary N) is 2. The highest BCUT2D eigenvalue weighted by Crippen LogP contribution is 2.36.